The first-order chi connectivity index (χ1) is 10.2. The number of hydrogen-bond acceptors (Lipinski definition) is 7. The minimum atomic E-state index is -0.697. The summed E-state index contributed by atoms with van der Waals surface area (Å²) in [5.41, 5.74) is 0. The Morgan fingerprint density at radius 3 is 1.55 bits per heavy atom. The van der Waals surface area contributed by atoms with E-state index in [1.165, 1.54) is 6.92 Å². The van der Waals surface area contributed by atoms with Crippen molar-refractivity contribution >= 4 is 34.9 Å². The highest BCUT2D eigenvalue weighted by molar-refractivity contribution is 6.07. The van der Waals surface area contributed by atoms with Gasteiger partial charge in [-0.25, -0.2) is 0 Å². The van der Waals surface area contributed by atoms with Gasteiger partial charge in [0.2, 0.25) is 0 Å². The van der Waals surface area contributed by atoms with E-state index in [1.54, 1.807) is 0 Å². The van der Waals surface area contributed by atoms with Gasteiger partial charge in [-0.3, -0.25) is 28.8 Å². The maximum Gasteiger partial charge on any atom is 0.313 e. The molecule has 0 saturated heterocycles. The largest absolute Gasteiger partial charge is 0.469 e. The number of carbonyl (C=O) groups excluding carboxylic acids is 6. The Hall–Kier alpha value is -2.18. The van der Waals surface area contributed by atoms with Gasteiger partial charge in [0.1, 0.15) is 29.6 Å². The molecular formula is C15H20O7. The zero-order chi connectivity index (χ0) is 17.1. The van der Waals surface area contributed by atoms with Crippen LogP contribution in [0.5, 0.6) is 0 Å². The van der Waals surface area contributed by atoms with Crippen molar-refractivity contribution in [3.8, 4) is 0 Å². The van der Waals surface area contributed by atoms with Gasteiger partial charge in [-0.1, -0.05) is 0 Å². The molecule has 0 atom stereocenters. The van der Waals surface area contributed by atoms with E-state index in [0.29, 0.717) is 0 Å². The molecule has 0 aromatic carbocycles. The second kappa shape index (κ2) is 10.5. The van der Waals surface area contributed by atoms with Crippen LogP contribution in [0.3, 0.4) is 0 Å². The van der Waals surface area contributed by atoms with Gasteiger partial charge in [-0.15, -0.1) is 0 Å². The van der Waals surface area contributed by atoms with Gasteiger partial charge < -0.3 is 4.74 Å². The Labute approximate surface area is 128 Å². The predicted molar refractivity (Wildman–Crippen MR) is 75.0 cm³/mol. The summed E-state index contributed by atoms with van der Waals surface area (Å²) in [4.78, 5) is 67.0. The lowest BCUT2D eigenvalue weighted by atomic mass is 10.0. The van der Waals surface area contributed by atoms with Crippen LogP contribution in [0.25, 0.3) is 0 Å². The Morgan fingerprint density at radius 2 is 1.14 bits per heavy atom. The van der Waals surface area contributed by atoms with Crippen molar-refractivity contribution in [2.45, 2.75) is 51.9 Å². The molecule has 0 aliphatic rings. The first-order valence-corrected chi connectivity index (χ1v) is 6.87. The van der Waals surface area contributed by atoms with Gasteiger partial charge in [0, 0.05) is 12.8 Å². The van der Waals surface area contributed by atoms with Crippen LogP contribution in [-0.2, 0) is 33.5 Å². The summed E-state index contributed by atoms with van der Waals surface area (Å²) in [7, 11) is 1.15. The topological polar surface area (TPSA) is 112 Å². The van der Waals surface area contributed by atoms with Crippen LogP contribution in [-0.4, -0.2) is 42.0 Å². The van der Waals surface area contributed by atoms with E-state index in [2.05, 4.69) is 4.74 Å². The minimum absolute atomic E-state index is 0.0273. The molecule has 0 aromatic heterocycles. The molecule has 0 saturated carbocycles. The van der Waals surface area contributed by atoms with E-state index in [9.17, 15) is 28.8 Å². The molecule has 7 heteroatoms. The van der Waals surface area contributed by atoms with Crippen LogP contribution in [0.15, 0.2) is 0 Å². The molecule has 0 aromatic rings. The molecular weight excluding hydrogens is 292 g/mol. The van der Waals surface area contributed by atoms with Gasteiger partial charge >= 0.3 is 5.97 Å². The zero-order valence-corrected chi connectivity index (χ0v) is 12.8. The fourth-order valence-corrected chi connectivity index (χ4v) is 1.74. The second-order valence-electron chi connectivity index (χ2n) is 4.99. The Morgan fingerprint density at radius 1 is 0.682 bits per heavy atom. The molecule has 0 N–H and O–H groups in total. The Balaban J connectivity index is 3.90. The monoisotopic (exact) mass is 312 g/mol. The van der Waals surface area contributed by atoms with Crippen molar-refractivity contribution in [1.82, 2.24) is 0 Å². The molecule has 0 aliphatic heterocycles. The maximum atomic E-state index is 11.5. The fourth-order valence-electron chi connectivity index (χ4n) is 1.74. The molecule has 0 amide bonds. The average molecular weight is 312 g/mol. The maximum absolute atomic E-state index is 11.5. The van der Waals surface area contributed by atoms with Gasteiger partial charge in [-0.05, 0) is 13.3 Å². The first kappa shape index (κ1) is 19.8. The van der Waals surface area contributed by atoms with Crippen molar-refractivity contribution < 1.29 is 33.5 Å². The minimum Gasteiger partial charge on any atom is -0.469 e. The summed E-state index contributed by atoms with van der Waals surface area (Å²) >= 11 is 0. The number of carbonyl (C=O) groups is 6. The van der Waals surface area contributed by atoms with Gasteiger partial charge in [-0.2, -0.15) is 0 Å². The van der Waals surface area contributed by atoms with E-state index in [4.69, 9.17) is 0 Å². The molecule has 22 heavy (non-hydrogen) atoms. The number of Topliss-reactive ketones (excluding diaryl/α,β-unsaturated/α-hetero) is 5. The third kappa shape index (κ3) is 10.6. The molecule has 0 aliphatic carbocycles. The molecule has 122 valence electrons. The van der Waals surface area contributed by atoms with Crippen molar-refractivity contribution in [1.29, 1.82) is 0 Å². The normalized spacial score (nSPS) is 9.91. The number of ketones is 5. The van der Waals surface area contributed by atoms with Crippen molar-refractivity contribution in [2.24, 2.45) is 0 Å². The number of ether oxygens (including phenoxy) is 1. The smallest absolute Gasteiger partial charge is 0.313 e. The van der Waals surface area contributed by atoms with Gasteiger partial charge in [0.25, 0.3) is 0 Å². The van der Waals surface area contributed by atoms with Crippen LogP contribution in [0, 0.1) is 0 Å². The molecule has 0 spiro atoms. The van der Waals surface area contributed by atoms with E-state index < -0.39 is 24.0 Å². The lowest BCUT2D eigenvalue weighted by Gasteiger charge is -2.01. The first-order valence-electron chi connectivity index (χ1n) is 6.87. The van der Waals surface area contributed by atoms with Crippen LogP contribution < -0.4 is 0 Å². The fraction of sp³-hybridized carbons (Fsp3) is 0.600. The van der Waals surface area contributed by atoms with E-state index in [0.717, 1.165) is 7.11 Å². The predicted octanol–water partition coefficient (Wildman–Crippen LogP) is 0.755. The zero-order valence-electron chi connectivity index (χ0n) is 12.8. The summed E-state index contributed by atoms with van der Waals surface area (Å²) in [5.74, 6) is -2.65. The highest BCUT2D eigenvalue weighted by Crippen LogP contribution is 2.05. The molecule has 7 nitrogen and oxygen atoms in total. The second-order valence-corrected chi connectivity index (χ2v) is 4.99. The van der Waals surface area contributed by atoms with Crippen molar-refractivity contribution in [3.63, 3.8) is 0 Å². The highest BCUT2D eigenvalue weighted by Gasteiger charge is 2.15. The van der Waals surface area contributed by atoms with E-state index in [-0.39, 0.29) is 55.9 Å². The summed E-state index contributed by atoms with van der Waals surface area (Å²) < 4.78 is 4.31. The van der Waals surface area contributed by atoms with Gasteiger partial charge in [0.15, 0.2) is 5.78 Å². The van der Waals surface area contributed by atoms with E-state index >= 15 is 0 Å². The molecule has 0 unspecified atom stereocenters. The number of esters is 1. The molecule has 0 radical (unpaired) electrons. The lowest BCUT2D eigenvalue weighted by molar-refractivity contribution is -0.143. The summed E-state index contributed by atoms with van der Waals surface area (Å²) in [6.07, 6.45) is -1.08. The number of methoxy groups -OCH3 is 1. The highest BCUT2D eigenvalue weighted by atomic mass is 16.5. The number of rotatable bonds is 12. The quantitative estimate of drug-likeness (QED) is 0.386. The van der Waals surface area contributed by atoms with Crippen LogP contribution >= 0.6 is 0 Å². The van der Waals surface area contributed by atoms with Crippen LogP contribution in [0.2, 0.25) is 0 Å². The van der Waals surface area contributed by atoms with Crippen LogP contribution in [0.4, 0.5) is 0 Å². The molecule has 0 rings (SSSR count). The summed E-state index contributed by atoms with van der Waals surface area (Å²) in [5, 5.41) is 0. The number of hydrogen-bond donors (Lipinski definition) is 0. The van der Waals surface area contributed by atoms with Gasteiger partial charge in [0.05, 0.1) is 26.4 Å². The molecule has 0 heterocycles. The van der Waals surface area contributed by atoms with Crippen LogP contribution in [0.1, 0.15) is 51.9 Å². The molecule has 0 fully saturated rings. The average Bonchev–Trinajstić information content (AvgIpc) is 2.36. The SMILES string of the molecule is COC(=O)CC(=O)CC(=O)CCCC(=O)CC(=O)CC(C)=O. The Bertz CT molecular complexity index is 476. The standard InChI is InChI=1S/C15H20O7/c1-10(16)6-13(19)7-11(17)4-3-5-12(18)8-14(20)9-15(21)22-2/h3-9H2,1-2H3. The molecule has 0 bridgehead atoms. The Kier molecular flexibility index (Phi) is 9.49. The summed E-state index contributed by atoms with van der Waals surface area (Å²) in [6, 6.07) is 0. The van der Waals surface area contributed by atoms with Crippen molar-refractivity contribution in [2.75, 3.05) is 7.11 Å². The third-order valence-corrected chi connectivity index (χ3v) is 2.72. The van der Waals surface area contributed by atoms with Crippen molar-refractivity contribution in [3.05, 3.63) is 0 Å². The third-order valence-electron chi connectivity index (χ3n) is 2.72. The lowest BCUT2D eigenvalue weighted by Crippen LogP contribution is -2.14. The van der Waals surface area contributed by atoms with E-state index in [1.807, 2.05) is 0 Å². The summed E-state index contributed by atoms with van der Waals surface area (Å²) in [6.45, 7) is 1.27.